The summed E-state index contributed by atoms with van der Waals surface area (Å²) in [6, 6.07) is 14.9. The van der Waals surface area contributed by atoms with E-state index in [2.05, 4.69) is 20.5 Å². The quantitative estimate of drug-likeness (QED) is 0.313. The van der Waals surface area contributed by atoms with Gasteiger partial charge in [0.1, 0.15) is 11.1 Å². The zero-order chi connectivity index (χ0) is 22.5. The fourth-order valence-electron chi connectivity index (χ4n) is 3.34. The van der Waals surface area contributed by atoms with Crippen LogP contribution in [0.1, 0.15) is 19.4 Å². The van der Waals surface area contributed by atoms with Gasteiger partial charge in [0.15, 0.2) is 10.8 Å². The molecule has 0 aliphatic heterocycles. The van der Waals surface area contributed by atoms with Gasteiger partial charge in [-0.1, -0.05) is 36.9 Å². The Labute approximate surface area is 189 Å². The molecular formula is C23H23N5O3S. The molecule has 0 bridgehead atoms. The minimum atomic E-state index is -0.223. The van der Waals surface area contributed by atoms with Gasteiger partial charge in [0, 0.05) is 5.69 Å². The second-order valence-corrected chi connectivity index (χ2v) is 7.89. The molecule has 1 amide bonds. The lowest BCUT2D eigenvalue weighted by Crippen LogP contribution is -2.23. The topological polar surface area (TPSA) is 102 Å². The number of ether oxygens (including phenoxy) is 1. The van der Waals surface area contributed by atoms with E-state index < -0.39 is 0 Å². The summed E-state index contributed by atoms with van der Waals surface area (Å²) in [5.41, 5.74) is 2.61. The molecule has 0 aliphatic rings. The largest absolute Gasteiger partial charge is 0.494 e. The van der Waals surface area contributed by atoms with Gasteiger partial charge in [-0.05, 0) is 49.2 Å². The third-order valence-corrected chi connectivity index (χ3v) is 5.78. The van der Waals surface area contributed by atoms with Crippen LogP contribution in [-0.4, -0.2) is 38.0 Å². The van der Waals surface area contributed by atoms with Crippen LogP contribution in [0.4, 0.5) is 5.69 Å². The zero-order valence-corrected chi connectivity index (χ0v) is 18.6. The number of para-hydroxylation sites is 1. The van der Waals surface area contributed by atoms with Gasteiger partial charge in [0.05, 0.1) is 24.2 Å². The molecular weight excluding hydrogens is 426 g/mol. The Morgan fingerprint density at radius 1 is 1.16 bits per heavy atom. The number of aryl methyl sites for hydroxylation is 1. The molecule has 2 aromatic carbocycles. The van der Waals surface area contributed by atoms with Crippen molar-refractivity contribution >= 4 is 34.4 Å². The number of hydrogen-bond donors (Lipinski definition) is 2. The van der Waals surface area contributed by atoms with Crippen molar-refractivity contribution in [2.45, 2.75) is 25.4 Å². The van der Waals surface area contributed by atoms with Gasteiger partial charge in [0.25, 0.3) is 5.56 Å². The number of benzene rings is 2. The molecule has 0 saturated carbocycles. The third kappa shape index (κ3) is 4.52. The molecule has 0 unspecified atom stereocenters. The van der Waals surface area contributed by atoms with Gasteiger partial charge in [-0.15, -0.1) is 0 Å². The average molecular weight is 450 g/mol. The standard InChI is InChI=1S/C23H23N5O3S/c1-3-15-7-5-6-8-19(15)28-22(30)18-13-24-27-21(18)26-23(28)32-14-20(29)25-16-9-11-17(12-10-16)31-4-2/h5-13H,3-4,14H2,1-2H3,(H,24,27)(H,25,29). The zero-order valence-electron chi connectivity index (χ0n) is 17.8. The van der Waals surface area contributed by atoms with Gasteiger partial charge in [-0.2, -0.15) is 5.10 Å². The summed E-state index contributed by atoms with van der Waals surface area (Å²) in [6.45, 7) is 4.53. The minimum absolute atomic E-state index is 0.0909. The first-order chi connectivity index (χ1) is 15.6. The van der Waals surface area contributed by atoms with Crippen LogP contribution < -0.4 is 15.6 Å². The van der Waals surface area contributed by atoms with Crippen molar-refractivity contribution in [2.24, 2.45) is 0 Å². The Morgan fingerprint density at radius 2 is 1.94 bits per heavy atom. The Morgan fingerprint density at radius 3 is 2.69 bits per heavy atom. The molecule has 2 N–H and O–H groups in total. The van der Waals surface area contributed by atoms with E-state index in [1.807, 2.05) is 38.1 Å². The minimum Gasteiger partial charge on any atom is -0.494 e. The maximum atomic E-state index is 13.2. The van der Waals surface area contributed by atoms with E-state index >= 15 is 0 Å². The normalized spacial score (nSPS) is 10.9. The number of carbonyl (C=O) groups is 1. The highest BCUT2D eigenvalue weighted by atomic mass is 32.2. The second kappa shape index (κ2) is 9.69. The number of fused-ring (bicyclic) bond motifs is 1. The first-order valence-electron chi connectivity index (χ1n) is 10.3. The molecule has 0 aliphatic carbocycles. The highest BCUT2D eigenvalue weighted by molar-refractivity contribution is 7.99. The summed E-state index contributed by atoms with van der Waals surface area (Å²) < 4.78 is 6.98. The van der Waals surface area contributed by atoms with Crippen molar-refractivity contribution in [3.05, 3.63) is 70.6 Å². The summed E-state index contributed by atoms with van der Waals surface area (Å²) in [5.74, 6) is 0.636. The molecule has 8 nitrogen and oxygen atoms in total. The Bertz CT molecular complexity index is 1300. The Hall–Kier alpha value is -3.59. The molecule has 0 radical (unpaired) electrons. The number of nitrogens with zero attached hydrogens (tertiary/aromatic N) is 3. The maximum Gasteiger partial charge on any atom is 0.269 e. The van der Waals surface area contributed by atoms with Crippen LogP contribution in [0.5, 0.6) is 5.75 Å². The predicted octanol–water partition coefficient (Wildman–Crippen LogP) is 3.80. The first kappa shape index (κ1) is 21.6. The molecule has 4 aromatic rings. The van der Waals surface area contributed by atoms with E-state index in [0.29, 0.717) is 28.5 Å². The van der Waals surface area contributed by atoms with E-state index in [-0.39, 0.29) is 17.2 Å². The van der Waals surface area contributed by atoms with Crippen LogP contribution in [0.3, 0.4) is 0 Å². The molecule has 4 rings (SSSR count). The van der Waals surface area contributed by atoms with Crippen LogP contribution in [-0.2, 0) is 11.2 Å². The maximum absolute atomic E-state index is 13.2. The lowest BCUT2D eigenvalue weighted by molar-refractivity contribution is -0.113. The summed E-state index contributed by atoms with van der Waals surface area (Å²) in [6.07, 6.45) is 2.23. The van der Waals surface area contributed by atoms with Crippen molar-refractivity contribution in [3.63, 3.8) is 0 Å². The number of thioether (sulfide) groups is 1. The monoisotopic (exact) mass is 449 g/mol. The third-order valence-electron chi connectivity index (χ3n) is 4.85. The second-order valence-electron chi connectivity index (χ2n) is 6.94. The molecule has 2 aromatic heterocycles. The Kier molecular flexibility index (Phi) is 6.55. The fraction of sp³-hybridized carbons (Fsp3) is 0.217. The highest BCUT2D eigenvalue weighted by Gasteiger charge is 2.17. The summed E-state index contributed by atoms with van der Waals surface area (Å²) >= 11 is 1.20. The van der Waals surface area contributed by atoms with Gasteiger partial charge < -0.3 is 10.1 Å². The number of amides is 1. The van der Waals surface area contributed by atoms with Crippen molar-refractivity contribution < 1.29 is 9.53 Å². The smallest absolute Gasteiger partial charge is 0.269 e. The highest BCUT2D eigenvalue weighted by Crippen LogP contribution is 2.23. The van der Waals surface area contributed by atoms with Crippen molar-refractivity contribution in [3.8, 4) is 11.4 Å². The summed E-state index contributed by atoms with van der Waals surface area (Å²) in [4.78, 5) is 30.4. The van der Waals surface area contributed by atoms with Crippen LogP contribution in [0.2, 0.25) is 0 Å². The predicted molar refractivity (Wildman–Crippen MR) is 126 cm³/mol. The fourth-order valence-corrected chi connectivity index (χ4v) is 4.14. The van der Waals surface area contributed by atoms with Crippen molar-refractivity contribution in [2.75, 3.05) is 17.7 Å². The van der Waals surface area contributed by atoms with Gasteiger partial charge in [-0.25, -0.2) is 4.98 Å². The molecule has 2 heterocycles. The van der Waals surface area contributed by atoms with Crippen molar-refractivity contribution in [1.29, 1.82) is 0 Å². The van der Waals surface area contributed by atoms with E-state index in [9.17, 15) is 9.59 Å². The number of anilines is 1. The van der Waals surface area contributed by atoms with Crippen LogP contribution in [0, 0.1) is 0 Å². The summed E-state index contributed by atoms with van der Waals surface area (Å²) in [7, 11) is 0. The van der Waals surface area contributed by atoms with E-state index in [1.54, 1.807) is 28.8 Å². The molecule has 0 spiro atoms. The van der Waals surface area contributed by atoms with E-state index in [4.69, 9.17) is 4.74 Å². The lowest BCUT2D eigenvalue weighted by Gasteiger charge is -2.15. The van der Waals surface area contributed by atoms with Crippen LogP contribution >= 0.6 is 11.8 Å². The van der Waals surface area contributed by atoms with Gasteiger partial charge in [0.2, 0.25) is 5.91 Å². The van der Waals surface area contributed by atoms with Gasteiger partial charge in [-0.3, -0.25) is 19.3 Å². The van der Waals surface area contributed by atoms with Crippen LogP contribution in [0.25, 0.3) is 16.7 Å². The molecule has 0 fully saturated rings. The van der Waals surface area contributed by atoms with E-state index in [1.165, 1.54) is 18.0 Å². The molecule has 0 atom stereocenters. The number of aromatic nitrogens is 4. The van der Waals surface area contributed by atoms with Crippen molar-refractivity contribution in [1.82, 2.24) is 19.7 Å². The molecule has 0 saturated heterocycles. The molecule has 32 heavy (non-hydrogen) atoms. The van der Waals surface area contributed by atoms with Crippen LogP contribution in [0.15, 0.2) is 64.7 Å². The Balaban J connectivity index is 1.60. The molecule has 9 heteroatoms. The molecule has 164 valence electrons. The van der Waals surface area contributed by atoms with E-state index in [0.717, 1.165) is 23.4 Å². The number of nitrogens with one attached hydrogen (secondary N) is 2. The number of H-pyrrole nitrogens is 1. The lowest BCUT2D eigenvalue weighted by atomic mass is 10.1. The summed E-state index contributed by atoms with van der Waals surface area (Å²) in [5, 5.41) is 10.4. The number of rotatable bonds is 8. The number of carbonyl (C=O) groups excluding carboxylic acids is 1. The number of aromatic amines is 1. The number of hydrogen-bond acceptors (Lipinski definition) is 6. The first-order valence-corrected chi connectivity index (χ1v) is 11.3. The van der Waals surface area contributed by atoms with Gasteiger partial charge >= 0.3 is 0 Å². The average Bonchev–Trinajstić information content (AvgIpc) is 3.28. The SMILES string of the molecule is CCOc1ccc(NC(=O)CSc2nc3[nH]ncc3c(=O)n2-c2ccccc2CC)cc1.